The van der Waals surface area contributed by atoms with Crippen molar-refractivity contribution in [1.82, 2.24) is 10.2 Å². The van der Waals surface area contributed by atoms with E-state index in [9.17, 15) is 9.59 Å². The maximum absolute atomic E-state index is 12.4. The number of methoxy groups -OCH3 is 1. The summed E-state index contributed by atoms with van der Waals surface area (Å²) in [4.78, 5) is 26.7. The van der Waals surface area contributed by atoms with Gasteiger partial charge in [-0.2, -0.15) is 0 Å². The van der Waals surface area contributed by atoms with Crippen LogP contribution in [0.4, 0.5) is 0 Å². The molecule has 1 atom stereocenters. The summed E-state index contributed by atoms with van der Waals surface area (Å²) >= 11 is 0. The molecule has 32 heavy (non-hydrogen) atoms. The van der Waals surface area contributed by atoms with Crippen LogP contribution in [-0.2, 0) is 4.79 Å². The molecule has 0 saturated heterocycles. The molecule has 1 unspecified atom stereocenters. The van der Waals surface area contributed by atoms with E-state index in [0.29, 0.717) is 23.4 Å². The molecular formula is C25H30N2O5. The molecule has 3 rings (SSSR count). The van der Waals surface area contributed by atoms with Gasteiger partial charge in [-0.3, -0.25) is 4.79 Å². The van der Waals surface area contributed by atoms with Gasteiger partial charge >= 0.3 is 5.63 Å². The van der Waals surface area contributed by atoms with Crippen molar-refractivity contribution in [3.8, 4) is 22.6 Å². The van der Waals surface area contributed by atoms with E-state index < -0.39 is 11.7 Å². The van der Waals surface area contributed by atoms with Crippen LogP contribution in [-0.4, -0.2) is 51.2 Å². The smallest absolute Gasteiger partial charge is 0.336 e. The molecule has 1 N–H and O–H groups in total. The number of amides is 1. The summed E-state index contributed by atoms with van der Waals surface area (Å²) in [5, 5.41) is 3.68. The fourth-order valence-corrected chi connectivity index (χ4v) is 3.47. The Labute approximate surface area is 187 Å². The van der Waals surface area contributed by atoms with Crippen LogP contribution in [0.3, 0.4) is 0 Å². The third-order valence-electron chi connectivity index (χ3n) is 5.27. The summed E-state index contributed by atoms with van der Waals surface area (Å²) in [6.07, 6.45) is 0.182. The van der Waals surface area contributed by atoms with E-state index in [-0.39, 0.29) is 5.91 Å². The van der Waals surface area contributed by atoms with Crippen molar-refractivity contribution in [2.45, 2.75) is 26.4 Å². The Morgan fingerprint density at radius 2 is 1.88 bits per heavy atom. The van der Waals surface area contributed by atoms with Crippen molar-refractivity contribution in [3.05, 3.63) is 58.4 Å². The number of benzene rings is 2. The maximum Gasteiger partial charge on any atom is 0.336 e. The predicted octanol–water partition coefficient (Wildman–Crippen LogP) is 3.61. The number of hydrogen-bond acceptors (Lipinski definition) is 6. The third kappa shape index (κ3) is 5.48. The summed E-state index contributed by atoms with van der Waals surface area (Å²) in [6, 6.07) is 12.6. The summed E-state index contributed by atoms with van der Waals surface area (Å²) in [6.45, 7) is 5.01. The van der Waals surface area contributed by atoms with Gasteiger partial charge < -0.3 is 24.1 Å². The molecule has 170 valence electrons. The second kappa shape index (κ2) is 10.3. The average molecular weight is 439 g/mol. The van der Waals surface area contributed by atoms with Crippen LogP contribution in [0.15, 0.2) is 51.7 Å². The minimum atomic E-state index is -0.679. The number of rotatable bonds is 9. The number of nitrogens with one attached hydrogen (secondary N) is 1. The normalized spacial score (nSPS) is 12.1. The van der Waals surface area contributed by atoms with Crippen LogP contribution in [0.5, 0.6) is 11.5 Å². The number of ether oxygens (including phenoxy) is 2. The van der Waals surface area contributed by atoms with E-state index in [1.807, 2.05) is 51.4 Å². The van der Waals surface area contributed by atoms with Crippen molar-refractivity contribution in [1.29, 1.82) is 0 Å². The minimum Gasteiger partial charge on any atom is -0.497 e. The lowest BCUT2D eigenvalue weighted by Crippen LogP contribution is -2.37. The first-order valence-electron chi connectivity index (χ1n) is 10.6. The minimum absolute atomic E-state index is 0.184. The Bertz CT molecular complexity index is 1140. The molecule has 0 fully saturated rings. The summed E-state index contributed by atoms with van der Waals surface area (Å²) in [5.74, 6) is 1.06. The molecule has 0 aliphatic heterocycles. The molecule has 1 amide bonds. The number of carbonyl (C=O) groups is 1. The monoisotopic (exact) mass is 438 g/mol. The van der Waals surface area contributed by atoms with Gasteiger partial charge in [-0.25, -0.2) is 4.79 Å². The van der Waals surface area contributed by atoms with Crippen molar-refractivity contribution in [2.75, 3.05) is 34.3 Å². The van der Waals surface area contributed by atoms with Crippen LogP contribution >= 0.6 is 0 Å². The number of aryl methyl sites for hydroxylation is 1. The molecule has 1 aromatic heterocycles. The lowest BCUT2D eigenvalue weighted by Gasteiger charge is -2.18. The fraction of sp³-hybridized carbons (Fsp3) is 0.360. The van der Waals surface area contributed by atoms with Crippen LogP contribution in [0.25, 0.3) is 22.1 Å². The average Bonchev–Trinajstić information content (AvgIpc) is 2.78. The highest BCUT2D eigenvalue weighted by atomic mass is 16.5. The van der Waals surface area contributed by atoms with E-state index in [1.54, 1.807) is 20.1 Å². The molecule has 2 aromatic carbocycles. The van der Waals surface area contributed by atoms with Crippen LogP contribution in [0.2, 0.25) is 0 Å². The first-order valence-corrected chi connectivity index (χ1v) is 10.6. The summed E-state index contributed by atoms with van der Waals surface area (Å²) in [7, 11) is 5.60. The zero-order chi connectivity index (χ0) is 23.3. The first kappa shape index (κ1) is 23.3. The first-order chi connectivity index (χ1) is 15.3. The zero-order valence-electron chi connectivity index (χ0n) is 19.2. The van der Waals surface area contributed by atoms with Crippen molar-refractivity contribution in [3.63, 3.8) is 0 Å². The summed E-state index contributed by atoms with van der Waals surface area (Å²) < 4.78 is 16.6. The Hall–Kier alpha value is -3.32. The van der Waals surface area contributed by atoms with Crippen molar-refractivity contribution in [2.24, 2.45) is 0 Å². The Morgan fingerprint density at radius 1 is 1.16 bits per heavy atom. The third-order valence-corrected chi connectivity index (χ3v) is 5.27. The standard InChI is InChI=1S/C25H30N2O5/c1-16-22(31-17(2)25(29)26-13-6-14-27(3)4)12-11-20-21(15-23(28)32-24(16)20)18-7-9-19(30-5)10-8-18/h7-12,15,17H,6,13-14H2,1-5H3,(H,26,29). The molecule has 0 bridgehead atoms. The molecule has 3 aromatic rings. The van der Waals surface area contributed by atoms with E-state index in [2.05, 4.69) is 10.2 Å². The van der Waals surface area contributed by atoms with E-state index in [0.717, 1.165) is 35.2 Å². The van der Waals surface area contributed by atoms with E-state index >= 15 is 0 Å². The van der Waals surface area contributed by atoms with Gasteiger partial charge in [0, 0.05) is 23.6 Å². The highest BCUT2D eigenvalue weighted by Crippen LogP contribution is 2.34. The Kier molecular flexibility index (Phi) is 7.53. The quantitative estimate of drug-likeness (QED) is 0.406. The lowest BCUT2D eigenvalue weighted by atomic mass is 10.00. The zero-order valence-corrected chi connectivity index (χ0v) is 19.2. The number of nitrogens with zero attached hydrogens (tertiary/aromatic N) is 1. The van der Waals surface area contributed by atoms with Gasteiger partial charge in [-0.1, -0.05) is 12.1 Å². The predicted molar refractivity (Wildman–Crippen MR) is 125 cm³/mol. The number of hydrogen-bond donors (Lipinski definition) is 1. The van der Waals surface area contributed by atoms with Gasteiger partial charge in [0.05, 0.1) is 7.11 Å². The second-order valence-electron chi connectivity index (χ2n) is 7.98. The number of carbonyl (C=O) groups excluding carboxylic acids is 1. The molecule has 0 aliphatic rings. The highest BCUT2D eigenvalue weighted by molar-refractivity contribution is 5.95. The number of fused-ring (bicyclic) bond motifs is 1. The van der Waals surface area contributed by atoms with Crippen LogP contribution in [0.1, 0.15) is 18.9 Å². The molecular weight excluding hydrogens is 408 g/mol. The lowest BCUT2D eigenvalue weighted by molar-refractivity contribution is -0.127. The topological polar surface area (TPSA) is 81.0 Å². The molecule has 7 heteroatoms. The molecule has 0 spiro atoms. The van der Waals surface area contributed by atoms with Gasteiger partial charge in [0.15, 0.2) is 6.10 Å². The van der Waals surface area contributed by atoms with Gasteiger partial charge in [0.2, 0.25) is 0 Å². The second-order valence-corrected chi connectivity index (χ2v) is 7.98. The molecule has 1 heterocycles. The fourth-order valence-electron chi connectivity index (χ4n) is 3.47. The van der Waals surface area contributed by atoms with Crippen molar-refractivity contribution < 1.29 is 18.7 Å². The highest BCUT2D eigenvalue weighted by Gasteiger charge is 2.18. The van der Waals surface area contributed by atoms with E-state index in [1.165, 1.54) is 6.07 Å². The molecule has 7 nitrogen and oxygen atoms in total. The van der Waals surface area contributed by atoms with Gasteiger partial charge in [0.1, 0.15) is 17.1 Å². The van der Waals surface area contributed by atoms with Crippen molar-refractivity contribution >= 4 is 16.9 Å². The SMILES string of the molecule is COc1ccc(-c2cc(=O)oc3c(C)c(OC(C)C(=O)NCCCN(C)C)ccc23)cc1. The van der Waals surface area contributed by atoms with Gasteiger partial charge in [-0.15, -0.1) is 0 Å². The maximum atomic E-state index is 12.4. The van der Waals surface area contributed by atoms with Crippen LogP contribution < -0.4 is 20.4 Å². The van der Waals surface area contributed by atoms with Crippen LogP contribution in [0, 0.1) is 6.92 Å². The molecule has 0 saturated carbocycles. The van der Waals surface area contributed by atoms with E-state index in [4.69, 9.17) is 13.9 Å². The summed E-state index contributed by atoms with van der Waals surface area (Å²) in [5.41, 5.74) is 2.30. The van der Waals surface area contributed by atoms with Gasteiger partial charge in [0.25, 0.3) is 5.91 Å². The Morgan fingerprint density at radius 3 is 2.53 bits per heavy atom. The molecule has 0 aliphatic carbocycles. The largest absolute Gasteiger partial charge is 0.497 e. The van der Waals surface area contributed by atoms with Gasteiger partial charge in [-0.05, 0) is 76.3 Å². The molecule has 0 radical (unpaired) electrons. The Balaban J connectivity index is 1.83.